The number of amides is 1. The van der Waals surface area contributed by atoms with E-state index in [0.29, 0.717) is 47.7 Å². The first kappa shape index (κ1) is 32.0. The Balaban J connectivity index is 1.46. The molecule has 4 unspecified atom stereocenters. The number of hydrogen-bond acceptors (Lipinski definition) is 8. The number of methoxy groups -OCH3 is 1. The van der Waals surface area contributed by atoms with E-state index in [9.17, 15) is 24.8 Å². The Kier molecular flexibility index (Phi) is 10.4. The molecule has 0 bridgehead atoms. The third-order valence-electron chi connectivity index (χ3n) is 8.56. The van der Waals surface area contributed by atoms with E-state index in [1.165, 1.54) is 18.4 Å². The minimum atomic E-state index is -1.12. The smallest absolute Gasteiger partial charge is 0.326 e. The summed E-state index contributed by atoms with van der Waals surface area (Å²) in [5, 5.41) is 27.4. The van der Waals surface area contributed by atoms with Crippen LogP contribution < -0.4 is 20.3 Å². The van der Waals surface area contributed by atoms with Crippen molar-refractivity contribution in [3.63, 3.8) is 0 Å². The molecular formula is C31H41FN4O7. The molecule has 1 aliphatic carbocycles. The number of carboxylic acids is 1. The zero-order chi connectivity index (χ0) is 31.3. The quantitative estimate of drug-likeness (QED) is 0.203. The molecule has 11 nitrogen and oxygen atoms in total. The minimum Gasteiger partial charge on any atom is -0.494 e. The summed E-state index contributed by atoms with van der Waals surface area (Å²) >= 11 is 0. The number of anilines is 3. The number of hydrogen-bond donors (Lipinski definition) is 3. The molecule has 43 heavy (non-hydrogen) atoms. The van der Waals surface area contributed by atoms with Gasteiger partial charge in [0.1, 0.15) is 29.9 Å². The van der Waals surface area contributed by atoms with Gasteiger partial charge in [-0.15, -0.1) is 0 Å². The van der Waals surface area contributed by atoms with Crippen LogP contribution in [0.1, 0.15) is 58.4 Å². The first-order chi connectivity index (χ1) is 20.5. The first-order valence-electron chi connectivity index (χ1n) is 14.8. The third-order valence-corrected chi connectivity index (χ3v) is 8.56. The molecule has 1 saturated carbocycles. The summed E-state index contributed by atoms with van der Waals surface area (Å²) in [6, 6.07) is 6.03. The molecule has 2 aliphatic rings. The van der Waals surface area contributed by atoms with Gasteiger partial charge in [-0.1, -0.05) is 27.2 Å². The van der Waals surface area contributed by atoms with Crippen molar-refractivity contribution < 1.29 is 33.5 Å². The second-order valence-corrected chi connectivity index (χ2v) is 11.8. The second-order valence-electron chi connectivity index (χ2n) is 11.8. The molecule has 2 aromatic carbocycles. The third kappa shape index (κ3) is 7.54. The molecule has 0 radical (unpaired) electrons. The number of rotatable bonds is 12. The van der Waals surface area contributed by atoms with Gasteiger partial charge in [0.2, 0.25) is 5.91 Å². The Labute approximate surface area is 250 Å². The van der Waals surface area contributed by atoms with Crippen molar-refractivity contribution in [2.45, 2.75) is 71.6 Å². The zero-order valence-electron chi connectivity index (χ0n) is 25.1. The van der Waals surface area contributed by atoms with Crippen LogP contribution in [0.15, 0.2) is 30.3 Å². The van der Waals surface area contributed by atoms with Crippen molar-refractivity contribution in [1.82, 2.24) is 0 Å². The van der Waals surface area contributed by atoms with Gasteiger partial charge < -0.3 is 30.1 Å². The van der Waals surface area contributed by atoms with Gasteiger partial charge in [-0.05, 0) is 61.6 Å². The monoisotopic (exact) mass is 600 g/mol. The summed E-state index contributed by atoms with van der Waals surface area (Å²) in [6.07, 6.45) is 4.06. The van der Waals surface area contributed by atoms with Gasteiger partial charge in [0.15, 0.2) is 0 Å². The molecule has 2 fully saturated rings. The van der Waals surface area contributed by atoms with Gasteiger partial charge in [-0.25, -0.2) is 9.18 Å². The lowest BCUT2D eigenvalue weighted by Gasteiger charge is -2.37. The summed E-state index contributed by atoms with van der Waals surface area (Å²) in [6.45, 7) is 6.62. The van der Waals surface area contributed by atoms with Gasteiger partial charge in [-0.2, -0.15) is 0 Å². The number of carbonyl (C=O) groups is 2. The van der Waals surface area contributed by atoms with Crippen molar-refractivity contribution in [1.29, 1.82) is 0 Å². The molecule has 2 aromatic rings. The minimum absolute atomic E-state index is 0.00687. The lowest BCUT2D eigenvalue weighted by Crippen LogP contribution is -2.37. The van der Waals surface area contributed by atoms with E-state index in [-0.39, 0.29) is 48.6 Å². The predicted octanol–water partition coefficient (Wildman–Crippen LogP) is 5.82. The molecule has 4 atom stereocenters. The van der Waals surface area contributed by atoms with E-state index in [0.717, 1.165) is 25.0 Å². The van der Waals surface area contributed by atoms with E-state index >= 15 is 4.39 Å². The van der Waals surface area contributed by atoms with E-state index < -0.39 is 22.8 Å². The lowest BCUT2D eigenvalue weighted by molar-refractivity contribution is -0.384. The number of halogens is 1. The zero-order valence-corrected chi connectivity index (χ0v) is 25.1. The molecule has 0 spiro atoms. The fourth-order valence-electron chi connectivity index (χ4n) is 6.30. The van der Waals surface area contributed by atoms with Gasteiger partial charge in [0.25, 0.3) is 5.69 Å². The highest BCUT2D eigenvalue weighted by Crippen LogP contribution is 2.39. The van der Waals surface area contributed by atoms with Crippen LogP contribution in [-0.4, -0.2) is 54.3 Å². The van der Waals surface area contributed by atoms with E-state index in [1.807, 2.05) is 0 Å². The van der Waals surface area contributed by atoms with Crippen LogP contribution in [0.3, 0.4) is 0 Å². The number of nitrogens with zero attached hydrogens (tertiary/aromatic N) is 2. The number of nitro groups is 1. The molecule has 12 heteroatoms. The Hall–Kier alpha value is -3.93. The fourth-order valence-corrected chi connectivity index (χ4v) is 6.30. The normalized spacial score (nSPS) is 22.0. The van der Waals surface area contributed by atoms with Crippen molar-refractivity contribution in [2.75, 3.05) is 35.8 Å². The first-order valence-corrected chi connectivity index (χ1v) is 14.8. The van der Waals surface area contributed by atoms with Crippen molar-refractivity contribution in [2.24, 2.45) is 17.8 Å². The van der Waals surface area contributed by atoms with Crippen LogP contribution in [0.2, 0.25) is 0 Å². The molecule has 234 valence electrons. The largest absolute Gasteiger partial charge is 0.494 e. The molecule has 1 aliphatic heterocycles. The van der Waals surface area contributed by atoms with Crippen molar-refractivity contribution in [3.8, 4) is 5.75 Å². The van der Waals surface area contributed by atoms with Crippen LogP contribution >= 0.6 is 0 Å². The molecular weight excluding hydrogens is 559 g/mol. The molecule has 1 saturated heterocycles. The highest BCUT2D eigenvalue weighted by atomic mass is 19.1. The number of ether oxygens (including phenoxy) is 2. The molecule has 1 amide bonds. The van der Waals surface area contributed by atoms with Crippen LogP contribution in [0, 0.1) is 33.7 Å². The maximum Gasteiger partial charge on any atom is 0.326 e. The van der Waals surface area contributed by atoms with Crippen molar-refractivity contribution >= 4 is 34.6 Å². The van der Waals surface area contributed by atoms with Gasteiger partial charge in [-0.3, -0.25) is 14.9 Å². The predicted molar refractivity (Wildman–Crippen MR) is 161 cm³/mol. The Morgan fingerprint density at radius 3 is 2.65 bits per heavy atom. The highest BCUT2D eigenvalue weighted by molar-refractivity contribution is 5.93. The number of benzene rings is 2. The maximum atomic E-state index is 15.1. The van der Waals surface area contributed by atoms with E-state index in [4.69, 9.17) is 9.47 Å². The number of carboxylic acid groups (broad SMARTS) is 1. The summed E-state index contributed by atoms with van der Waals surface area (Å²) in [7, 11) is 1.46. The molecule has 4 rings (SSSR count). The standard InChI is InChI=1S/C31H41FN4O7/c1-18(2)21-9-7-19(3)14-27(21)43-17-29(37)34-24-11-8-20(15-28(24)42-4)33-16-22-23(32)10-12-25(36(40)41)30(22)35-13-5-6-26(35)31(38)39/h8,10-12,15,18-19,21,26-27,33H,5-7,9,13-14,16-17H2,1-4H3,(H,34,37)(H,38,39). The summed E-state index contributed by atoms with van der Waals surface area (Å²) in [4.78, 5) is 37.2. The van der Waals surface area contributed by atoms with Crippen LogP contribution in [0.4, 0.5) is 27.1 Å². The van der Waals surface area contributed by atoms with Crippen molar-refractivity contribution in [3.05, 3.63) is 51.8 Å². The van der Waals surface area contributed by atoms with Gasteiger partial charge in [0.05, 0.1) is 23.8 Å². The summed E-state index contributed by atoms with van der Waals surface area (Å²) in [5.41, 5.74) is 0.544. The summed E-state index contributed by atoms with van der Waals surface area (Å²) in [5.74, 6) is -0.301. The van der Waals surface area contributed by atoms with E-state index in [1.54, 1.807) is 18.2 Å². The van der Waals surface area contributed by atoms with Crippen LogP contribution in [-0.2, 0) is 20.9 Å². The number of carbonyl (C=O) groups excluding carboxylic acids is 1. The number of aliphatic carboxylic acids is 1. The average molecular weight is 601 g/mol. The van der Waals surface area contributed by atoms with Gasteiger partial charge in [0, 0.05) is 36.5 Å². The van der Waals surface area contributed by atoms with Gasteiger partial charge >= 0.3 is 5.97 Å². The van der Waals surface area contributed by atoms with Crippen LogP contribution in [0.5, 0.6) is 5.75 Å². The fraction of sp³-hybridized carbons (Fsp3) is 0.548. The highest BCUT2D eigenvalue weighted by Gasteiger charge is 2.37. The van der Waals surface area contributed by atoms with E-state index in [2.05, 4.69) is 31.4 Å². The molecule has 1 heterocycles. The Morgan fingerprint density at radius 2 is 1.98 bits per heavy atom. The number of nitrogens with one attached hydrogen (secondary N) is 2. The average Bonchev–Trinajstić information content (AvgIpc) is 3.45. The Bertz CT molecular complexity index is 1340. The lowest BCUT2D eigenvalue weighted by atomic mass is 9.75. The number of nitro benzene ring substituents is 1. The Morgan fingerprint density at radius 1 is 1.21 bits per heavy atom. The van der Waals surface area contributed by atoms with Crippen LogP contribution in [0.25, 0.3) is 0 Å². The maximum absolute atomic E-state index is 15.1. The SMILES string of the molecule is COc1cc(NCc2c(F)ccc([N+](=O)[O-])c2N2CCCC2C(=O)O)ccc1NC(=O)COC1CC(C)CCC1C(C)C. The summed E-state index contributed by atoms with van der Waals surface area (Å²) < 4.78 is 26.7. The molecule has 0 aromatic heterocycles. The molecule has 3 N–H and O–H groups in total. The topological polar surface area (TPSA) is 143 Å². The second kappa shape index (κ2) is 14.0.